The van der Waals surface area contributed by atoms with Gasteiger partial charge in [0.05, 0.1) is 6.54 Å². The number of amides is 3. The number of rotatable bonds is 6. The lowest BCUT2D eigenvalue weighted by molar-refractivity contribution is 0.1000. The van der Waals surface area contributed by atoms with E-state index >= 15 is 0 Å². The maximum atomic E-state index is 12.3. The quantitative estimate of drug-likeness (QED) is 0.827. The number of carbonyl (C=O) groups is 2. The minimum absolute atomic E-state index is 0.301. The Hall–Kier alpha value is -2.73. The van der Waals surface area contributed by atoms with Crippen LogP contribution in [0.3, 0.4) is 0 Å². The molecule has 2 rings (SSSR count). The first kappa shape index (κ1) is 18.6. The first-order valence-electron chi connectivity index (χ1n) is 7.68. The molecule has 0 atom stereocenters. The molecular formula is C18H20ClN3O3. The molecule has 0 aliphatic heterocycles. The number of halogens is 1. The molecule has 25 heavy (non-hydrogen) atoms. The summed E-state index contributed by atoms with van der Waals surface area (Å²) in [5, 5.41) is 3.40. The molecule has 0 aliphatic rings. The van der Waals surface area contributed by atoms with Crippen molar-refractivity contribution in [3.63, 3.8) is 0 Å². The molecule has 7 heteroatoms. The van der Waals surface area contributed by atoms with Gasteiger partial charge in [0.25, 0.3) is 0 Å². The molecule has 0 fully saturated rings. The fraction of sp³-hybridized carbons (Fsp3) is 0.222. The molecule has 0 unspecified atom stereocenters. The monoisotopic (exact) mass is 361 g/mol. The van der Waals surface area contributed by atoms with Crippen LogP contribution in [0, 0.1) is 6.92 Å². The SMILES string of the molecule is Cc1ccc(C(N)=O)cc1NC(=O)N(C)CCOc1ccc(Cl)cc1. The zero-order valence-electron chi connectivity index (χ0n) is 14.1. The number of likely N-dealkylation sites (N-methyl/N-ethyl adjacent to an activating group) is 1. The number of nitrogens with one attached hydrogen (secondary N) is 1. The van der Waals surface area contributed by atoms with E-state index < -0.39 is 5.91 Å². The lowest BCUT2D eigenvalue weighted by atomic mass is 10.1. The Balaban J connectivity index is 1.88. The number of nitrogens with two attached hydrogens (primary N) is 1. The van der Waals surface area contributed by atoms with Gasteiger partial charge in [-0.2, -0.15) is 0 Å². The molecule has 3 amide bonds. The molecule has 2 aromatic carbocycles. The highest BCUT2D eigenvalue weighted by Gasteiger charge is 2.12. The summed E-state index contributed by atoms with van der Waals surface area (Å²) < 4.78 is 5.56. The van der Waals surface area contributed by atoms with E-state index in [9.17, 15) is 9.59 Å². The zero-order chi connectivity index (χ0) is 18.4. The topological polar surface area (TPSA) is 84.7 Å². The standard InChI is InChI=1S/C18H20ClN3O3/c1-12-3-4-13(17(20)23)11-16(12)21-18(24)22(2)9-10-25-15-7-5-14(19)6-8-15/h3-8,11H,9-10H2,1-2H3,(H2,20,23)(H,21,24). The number of hydrogen-bond acceptors (Lipinski definition) is 3. The molecule has 3 N–H and O–H groups in total. The van der Waals surface area contributed by atoms with E-state index in [0.717, 1.165) is 5.56 Å². The summed E-state index contributed by atoms with van der Waals surface area (Å²) in [5.74, 6) is 0.142. The number of anilines is 1. The number of benzene rings is 2. The Labute approximate surface area is 151 Å². The van der Waals surface area contributed by atoms with Crippen molar-refractivity contribution in [2.24, 2.45) is 5.73 Å². The van der Waals surface area contributed by atoms with Crippen LogP contribution >= 0.6 is 11.6 Å². The van der Waals surface area contributed by atoms with Crippen LogP contribution in [0.25, 0.3) is 0 Å². The molecule has 0 heterocycles. The van der Waals surface area contributed by atoms with E-state index in [1.807, 2.05) is 6.92 Å². The lowest BCUT2D eigenvalue weighted by Crippen LogP contribution is -2.34. The number of hydrogen-bond donors (Lipinski definition) is 2. The van der Waals surface area contributed by atoms with Gasteiger partial charge >= 0.3 is 6.03 Å². The summed E-state index contributed by atoms with van der Waals surface area (Å²) in [7, 11) is 1.66. The largest absolute Gasteiger partial charge is 0.492 e. The lowest BCUT2D eigenvalue weighted by Gasteiger charge is -2.19. The van der Waals surface area contributed by atoms with Gasteiger partial charge < -0.3 is 20.7 Å². The van der Waals surface area contributed by atoms with Crippen molar-refractivity contribution in [1.82, 2.24) is 4.90 Å². The Kier molecular flexibility index (Phi) is 6.25. The van der Waals surface area contributed by atoms with Gasteiger partial charge in [-0.15, -0.1) is 0 Å². The van der Waals surface area contributed by atoms with Crippen LogP contribution in [0.1, 0.15) is 15.9 Å². The Bertz CT molecular complexity index is 763. The van der Waals surface area contributed by atoms with Crippen LogP contribution in [0.4, 0.5) is 10.5 Å². The van der Waals surface area contributed by atoms with E-state index in [-0.39, 0.29) is 6.03 Å². The Morgan fingerprint density at radius 1 is 1.20 bits per heavy atom. The van der Waals surface area contributed by atoms with Gasteiger partial charge in [-0.3, -0.25) is 4.79 Å². The molecule has 0 radical (unpaired) electrons. The predicted molar refractivity (Wildman–Crippen MR) is 98.3 cm³/mol. The van der Waals surface area contributed by atoms with E-state index in [1.54, 1.807) is 49.5 Å². The Morgan fingerprint density at radius 2 is 1.88 bits per heavy atom. The van der Waals surface area contributed by atoms with Crippen LogP contribution in [-0.2, 0) is 0 Å². The summed E-state index contributed by atoms with van der Waals surface area (Å²) in [6.45, 7) is 2.57. The number of aryl methyl sites for hydroxylation is 1. The van der Waals surface area contributed by atoms with Crippen LogP contribution in [0.2, 0.25) is 5.02 Å². The third-order valence-electron chi connectivity index (χ3n) is 3.62. The molecule has 0 saturated heterocycles. The number of urea groups is 1. The summed E-state index contributed by atoms with van der Waals surface area (Å²) in [6, 6.07) is 11.6. The number of carbonyl (C=O) groups excluding carboxylic acids is 2. The van der Waals surface area contributed by atoms with Gasteiger partial charge in [0.2, 0.25) is 5.91 Å². The summed E-state index contributed by atoms with van der Waals surface area (Å²) in [5.41, 5.74) is 6.99. The predicted octanol–water partition coefficient (Wildman–Crippen LogP) is 3.29. The van der Waals surface area contributed by atoms with Crippen molar-refractivity contribution in [2.75, 3.05) is 25.5 Å². The zero-order valence-corrected chi connectivity index (χ0v) is 14.8. The smallest absolute Gasteiger partial charge is 0.321 e. The van der Waals surface area contributed by atoms with Crippen LogP contribution in [-0.4, -0.2) is 37.0 Å². The van der Waals surface area contributed by atoms with Crippen molar-refractivity contribution in [3.05, 3.63) is 58.6 Å². The average Bonchev–Trinajstić information content (AvgIpc) is 2.58. The summed E-state index contributed by atoms with van der Waals surface area (Å²) >= 11 is 5.81. The van der Waals surface area contributed by atoms with Crippen molar-refractivity contribution in [2.45, 2.75) is 6.92 Å². The van der Waals surface area contributed by atoms with E-state index in [0.29, 0.717) is 35.2 Å². The number of ether oxygens (including phenoxy) is 1. The molecule has 0 bridgehead atoms. The highest BCUT2D eigenvalue weighted by molar-refractivity contribution is 6.30. The van der Waals surface area contributed by atoms with E-state index in [4.69, 9.17) is 22.1 Å². The first-order chi connectivity index (χ1) is 11.9. The fourth-order valence-electron chi connectivity index (χ4n) is 2.05. The van der Waals surface area contributed by atoms with Gasteiger partial charge in [-0.1, -0.05) is 17.7 Å². The van der Waals surface area contributed by atoms with Crippen molar-refractivity contribution < 1.29 is 14.3 Å². The van der Waals surface area contributed by atoms with Gasteiger partial charge in [-0.05, 0) is 48.9 Å². The van der Waals surface area contributed by atoms with Crippen LogP contribution in [0.5, 0.6) is 5.75 Å². The molecular weight excluding hydrogens is 342 g/mol. The molecule has 0 saturated carbocycles. The third-order valence-corrected chi connectivity index (χ3v) is 3.87. The van der Waals surface area contributed by atoms with Crippen LogP contribution < -0.4 is 15.8 Å². The van der Waals surface area contributed by atoms with Crippen molar-refractivity contribution >= 4 is 29.2 Å². The highest BCUT2D eigenvalue weighted by atomic mass is 35.5. The minimum Gasteiger partial charge on any atom is -0.492 e. The van der Waals surface area contributed by atoms with Crippen molar-refractivity contribution in [3.8, 4) is 5.75 Å². The fourth-order valence-corrected chi connectivity index (χ4v) is 2.18. The molecule has 2 aromatic rings. The highest BCUT2D eigenvalue weighted by Crippen LogP contribution is 2.17. The van der Waals surface area contributed by atoms with Crippen molar-refractivity contribution in [1.29, 1.82) is 0 Å². The molecule has 0 spiro atoms. The molecule has 0 aliphatic carbocycles. The second-order valence-corrected chi connectivity index (χ2v) is 5.98. The van der Waals surface area contributed by atoms with Gasteiger partial charge in [0.15, 0.2) is 0 Å². The summed E-state index contributed by atoms with van der Waals surface area (Å²) in [6.07, 6.45) is 0. The van der Waals surface area contributed by atoms with E-state index in [1.165, 1.54) is 4.90 Å². The molecule has 0 aromatic heterocycles. The van der Waals surface area contributed by atoms with Gasteiger partial charge in [0, 0.05) is 23.3 Å². The molecule has 132 valence electrons. The number of nitrogens with zero attached hydrogens (tertiary/aromatic N) is 1. The second-order valence-electron chi connectivity index (χ2n) is 5.55. The third kappa shape index (κ3) is 5.39. The normalized spacial score (nSPS) is 10.2. The van der Waals surface area contributed by atoms with Gasteiger partial charge in [0.1, 0.15) is 12.4 Å². The maximum Gasteiger partial charge on any atom is 0.321 e. The van der Waals surface area contributed by atoms with E-state index in [2.05, 4.69) is 5.32 Å². The number of primary amides is 1. The Morgan fingerprint density at radius 3 is 2.52 bits per heavy atom. The second kappa shape index (κ2) is 8.39. The van der Waals surface area contributed by atoms with Crippen LogP contribution in [0.15, 0.2) is 42.5 Å². The molecule has 6 nitrogen and oxygen atoms in total. The average molecular weight is 362 g/mol. The summed E-state index contributed by atoms with van der Waals surface area (Å²) in [4.78, 5) is 25.0. The minimum atomic E-state index is -0.541. The first-order valence-corrected chi connectivity index (χ1v) is 8.05. The maximum absolute atomic E-state index is 12.3. The van der Waals surface area contributed by atoms with Gasteiger partial charge in [-0.25, -0.2) is 4.79 Å².